The van der Waals surface area contributed by atoms with Gasteiger partial charge in [0.25, 0.3) is 0 Å². The second-order valence-corrected chi connectivity index (χ2v) is 9.22. The van der Waals surface area contributed by atoms with E-state index in [1.165, 1.54) is 6.08 Å². The number of benzene rings is 2. The van der Waals surface area contributed by atoms with Crippen LogP contribution in [0.5, 0.6) is 23.0 Å². The molecular weight excluding hydrogens is 552 g/mol. The van der Waals surface area contributed by atoms with E-state index in [1.54, 1.807) is 19.9 Å². The summed E-state index contributed by atoms with van der Waals surface area (Å²) in [6, 6.07) is 2.24. The minimum Gasteiger partial charge on any atom is -0.508 e. The molecule has 42 heavy (non-hydrogen) atoms. The molecular formula is C30H32O12. The third-order valence-corrected chi connectivity index (χ3v) is 6.18. The summed E-state index contributed by atoms with van der Waals surface area (Å²) in [4.78, 5) is 64.3. The Bertz CT molecular complexity index is 1420. The fourth-order valence-corrected chi connectivity index (χ4v) is 3.72. The van der Waals surface area contributed by atoms with Crippen molar-refractivity contribution in [1.29, 1.82) is 0 Å². The van der Waals surface area contributed by atoms with E-state index >= 15 is 0 Å². The van der Waals surface area contributed by atoms with Gasteiger partial charge >= 0.3 is 11.9 Å². The number of phenolic OH excluding ortho intramolecular Hbond substituents is 4. The fraction of sp³-hybridized carbons (Fsp3) is 0.267. The summed E-state index contributed by atoms with van der Waals surface area (Å²) in [7, 11) is 0. The smallest absolute Gasteiger partial charge is 0.307 e. The number of phenols is 4. The van der Waals surface area contributed by atoms with Crippen molar-refractivity contribution in [3.8, 4) is 23.0 Å². The number of hydrogen-bond acceptors (Lipinski definition) is 10. The Balaban J connectivity index is 0.000000420. The number of rotatable bonds is 14. The second kappa shape index (κ2) is 16.8. The van der Waals surface area contributed by atoms with Crippen molar-refractivity contribution in [1.82, 2.24) is 0 Å². The van der Waals surface area contributed by atoms with Gasteiger partial charge in [-0.05, 0) is 51.7 Å². The van der Waals surface area contributed by atoms with Gasteiger partial charge in [-0.3, -0.25) is 28.8 Å². The molecule has 12 nitrogen and oxygen atoms in total. The standard InChI is InChI=1S/2C15H16O6/c2*1-9(3-5-14(19)20)2-4-11-13(18)6-10(7-16)12(8-17)15(11)21/h3,6-8,18,21H,2,4-5H2,1H3,(H,19,20);2,6-8,18,21H,3-5H2,1H3,(H,19,20)/b9-3-;9-2-. The van der Waals surface area contributed by atoms with Crippen LogP contribution in [0, 0.1) is 0 Å². The van der Waals surface area contributed by atoms with Gasteiger partial charge in [-0.1, -0.05) is 23.3 Å². The van der Waals surface area contributed by atoms with Crippen LogP contribution < -0.4 is 0 Å². The molecule has 0 aliphatic carbocycles. The van der Waals surface area contributed by atoms with Gasteiger partial charge < -0.3 is 30.6 Å². The van der Waals surface area contributed by atoms with E-state index < -0.39 is 23.4 Å². The van der Waals surface area contributed by atoms with Crippen molar-refractivity contribution < 1.29 is 59.4 Å². The summed E-state index contributed by atoms with van der Waals surface area (Å²) in [6.07, 6.45) is 5.66. The molecule has 0 atom stereocenters. The molecule has 12 heteroatoms. The summed E-state index contributed by atoms with van der Waals surface area (Å²) in [5.74, 6) is -3.27. The lowest BCUT2D eigenvalue weighted by atomic mass is 9.97. The highest BCUT2D eigenvalue weighted by Gasteiger charge is 2.17. The Kier molecular flexibility index (Phi) is 13.9. The molecule has 0 saturated carbocycles. The first kappa shape index (κ1) is 34.8. The molecule has 0 bridgehead atoms. The van der Waals surface area contributed by atoms with Gasteiger partial charge in [0.1, 0.15) is 23.0 Å². The highest BCUT2D eigenvalue weighted by Crippen LogP contribution is 2.34. The van der Waals surface area contributed by atoms with E-state index in [1.807, 2.05) is 0 Å². The average molecular weight is 585 g/mol. The third-order valence-electron chi connectivity index (χ3n) is 6.18. The normalized spacial score (nSPS) is 11.2. The molecule has 224 valence electrons. The summed E-state index contributed by atoms with van der Waals surface area (Å²) in [5, 5.41) is 56.6. The molecule has 0 spiro atoms. The minimum atomic E-state index is -0.946. The van der Waals surface area contributed by atoms with E-state index in [-0.39, 0.29) is 70.6 Å². The summed E-state index contributed by atoms with van der Waals surface area (Å²) in [6.45, 7) is 3.47. The van der Waals surface area contributed by atoms with Crippen LogP contribution in [0.1, 0.15) is 92.1 Å². The third kappa shape index (κ3) is 10.0. The molecule has 0 aliphatic rings. The quantitative estimate of drug-likeness (QED) is 0.136. The number of carboxylic acids is 2. The number of carbonyl (C=O) groups excluding carboxylic acids is 4. The van der Waals surface area contributed by atoms with Crippen LogP contribution in [-0.4, -0.2) is 67.7 Å². The van der Waals surface area contributed by atoms with Crippen molar-refractivity contribution in [2.45, 2.75) is 52.4 Å². The molecule has 2 rings (SSSR count). The average Bonchev–Trinajstić information content (AvgIpc) is 2.94. The van der Waals surface area contributed by atoms with E-state index in [4.69, 9.17) is 10.2 Å². The Morgan fingerprint density at radius 2 is 1.12 bits per heavy atom. The predicted molar refractivity (Wildman–Crippen MR) is 150 cm³/mol. The second-order valence-electron chi connectivity index (χ2n) is 9.22. The molecule has 0 fully saturated rings. The molecule has 2 aromatic carbocycles. The van der Waals surface area contributed by atoms with Crippen molar-refractivity contribution >= 4 is 37.1 Å². The van der Waals surface area contributed by atoms with Gasteiger partial charge in [0, 0.05) is 28.7 Å². The molecule has 0 aliphatic heterocycles. The van der Waals surface area contributed by atoms with Crippen molar-refractivity contribution in [2.24, 2.45) is 0 Å². The molecule has 2 aromatic rings. The number of hydrogen-bond donors (Lipinski definition) is 6. The van der Waals surface area contributed by atoms with Gasteiger partial charge in [0.2, 0.25) is 0 Å². The van der Waals surface area contributed by atoms with Crippen LogP contribution >= 0.6 is 0 Å². The Labute approximate surface area is 240 Å². The van der Waals surface area contributed by atoms with E-state index in [0.717, 1.165) is 23.3 Å². The predicted octanol–water partition coefficient (Wildman–Crippen LogP) is 4.15. The molecule has 0 unspecified atom stereocenters. The lowest BCUT2D eigenvalue weighted by Gasteiger charge is -2.11. The fourth-order valence-electron chi connectivity index (χ4n) is 3.72. The van der Waals surface area contributed by atoms with Gasteiger partial charge in [0.05, 0.1) is 17.5 Å². The van der Waals surface area contributed by atoms with Crippen LogP contribution in [-0.2, 0) is 22.4 Å². The maximum absolute atomic E-state index is 10.9. The zero-order chi connectivity index (χ0) is 32.0. The highest BCUT2D eigenvalue weighted by molar-refractivity contribution is 5.95. The summed E-state index contributed by atoms with van der Waals surface area (Å²) < 4.78 is 0. The Morgan fingerprint density at radius 1 is 0.643 bits per heavy atom. The Morgan fingerprint density at radius 3 is 1.57 bits per heavy atom. The molecule has 6 N–H and O–H groups in total. The maximum atomic E-state index is 10.9. The summed E-state index contributed by atoms with van der Waals surface area (Å²) in [5.41, 5.74) is 1.34. The molecule has 0 radical (unpaired) electrons. The first-order chi connectivity index (χ1) is 19.8. The van der Waals surface area contributed by atoms with E-state index in [0.29, 0.717) is 38.0 Å². The van der Waals surface area contributed by atoms with Crippen LogP contribution in [0.25, 0.3) is 0 Å². The lowest BCUT2D eigenvalue weighted by molar-refractivity contribution is -0.137. The highest BCUT2D eigenvalue weighted by atomic mass is 16.4. The monoisotopic (exact) mass is 584 g/mol. The number of carbonyl (C=O) groups is 6. The van der Waals surface area contributed by atoms with E-state index in [9.17, 15) is 49.2 Å². The van der Waals surface area contributed by atoms with Crippen LogP contribution in [0.2, 0.25) is 0 Å². The maximum Gasteiger partial charge on any atom is 0.307 e. The number of aliphatic carboxylic acids is 2. The van der Waals surface area contributed by atoms with Crippen LogP contribution in [0.3, 0.4) is 0 Å². The van der Waals surface area contributed by atoms with Crippen LogP contribution in [0.4, 0.5) is 0 Å². The van der Waals surface area contributed by atoms with Crippen LogP contribution in [0.15, 0.2) is 35.4 Å². The minimum absolute atomic E-state index is 0.00996. The van der Waals surface area contributed by atoms with Crippen molar-refractivity contribution in [3.05, 3.63) is 68.8 Å². The number of carboxylic acid groups (broad SMARTS) is 2. The molecule has 0 heterocycles. The lowest BCUT2D eigenvalue weighted by Crippen LogP contribution is -1.98. The van der Waals surface area contributed by atoms with Gasteiger partial charge in [0.15, 0.2) is 25.1 Å². The number of aromatic hydroxyl groups is 4. The largest absolute Gasteiger partial charge is 0.508 e. The van der Waals surface area contributed by atoms with Gasteiger partial charge in [-0.25, -0.2) is 0 Å². The number of allylic oxidation sites excluding steroid dienone is 3. The Hall–Kier alpha value is -5.26. The number of aldehydes is 4. The molecule has 0 amide bonds. The SMILES string of the molecule is C/C(=C/CC(=O)O)CCc1c(O)cc(C=O)c(C=O)c1O.C/C(=C/Cc1c(O)cc(C=O)c(C=O)c1O)CCC(=O)O. The topological polar surface area (TPSA) is 224 Å². The summed E-state index contributed by atoms with van der Waals surface area (Å²) >= 11 is 0. The first-order valence-electron chi connectivity index (χ1n) is 12.5. The van der Waals surface area contributed by atoms with Crippen molar-refractivity contribution in [2.75, 3.05) is 0 Å². The zero-order valence-corrected chi connectivity index (χ0v) is 23.0. The first-order valence-corrected chi connectivity index (χ1v) is 12.5. The van der Waals surface area contributed by atoms with Gasteiger partial charge in [-0.2, -0.15) is 0 Å². The van der Waals surface area contributed by atoms with Crippen molar-refractivity contribution in [3.63, 3.8) is 0 Å². The molecule has 0 saturated heterocycles. The van der Waals surface area contributed by atoms with Gasteiger partial charge in [-0.15, -0.1) is 0 Å². The van der Waals surface area contributed by atoms with E-state index in [2.05, 4.69) is 0 Å². The zero-order valence-electron chi connectivity index (χ0n) is 23.0. The molecule has 0 aromatic heterocycles.